The van der Waals surface area contributed by atoms with Gasteiger partial charge in [-0.15, -0.1) is 0 Å². The summed E-state index contributed by atoms with van der Waals surface area (Å²) < 4.78 is 35.1. The van der Waals surface area contributed by atoms with Gasteiger partial charge in [-0.3, -0.25) is 9.79 Å². The molecule has 0 saturated heterocycles. The van der Waals surface area contributed by atoms with Gasteiger partial charge < -0.3 is 43.9 Å². The molecule has 0 aromatic carbocycles. The van der Waals surface area contributed by atoms with Crippen molar-refractivity contribution in [2.45, 2.75) is 78.2 Å². The number of ether oxygens (including phenoxy) is 4. The van der Waals surface area contributed by atoms with Crippen molar-refractivity contribution in [3.05, 3.63) is 9.65 Å². The normalized spacial score (nSPS) is 16.3. The maximum Gasteiger partial charge on any atom is 0.524 e. The van der Waals surface area contributed by atoms with Crippen molar-refractivity contribution in [3.8, 4) is 0 Å². The number of hydrogen-bond donors (Lipinski definition) is 6. The van der Waals surface area contributed by atoms with Gasteiger partial charge >= 0.3 is 7.82 Å². The molecule has 0 aromatic heterocycles. The third-order valence-corrected chi connectivity index (χ3v) is 4.02. The smallest absolute Gasteiger partial charge is 0.410 e. The quantitative estimate of drug-likeness (QED) is 0.104. The Kier molecular flexibility index (Phi) is 28.1. The van der Waals surface area contributed by atoms with Gasteiger partial charge in [0.2, 0.25) is 0 Å². The van der Waals surface area contributed by atoms with Gasteiger partial charge in [0.25, 0.3) is 0 Å². The fourth-order valence-corrected chi connectivity index (χ4v) is 2.24. The molecule has 0 aliphatic carbocycles. The minimum Gasteiger partial charge on any atom is -0.410 e. The first kappa shape index (κ1) is 39.8. The summed E-state index contributed by atoms with van der Waals surface area (Å²) in [5, 5.41) is 35.2. The standard InChI is InChI=1S/2C9H20O4.C2H3Br2O4P/c2*1-7(11)5-12-9(3)6-13-8(2)4-10;3-2(4)1-8-9(5,6)7/h2*7-11H,4-6H2,1-3H3;1H,(H2,5,6,7). The zero-order valence-electron chi connectivity index (χ0n) is 21.1. The Hall–Kier alpha value is 0.330. The van der Waals surface area contributed by atoms with E-state index in [1.807, 2.05) is 13.8 Å². The minimum atomic E-state index is -4.36. The van der Waals surface area contributed by atoms with Crippen LogP contribution in [0.15, 0.2) is 9.65 Å². The average molecular weight is 666 g/mol. The van der Waals surface area contributed by atoms with Crippen molar-refractivity contribution in [1.82, 2.24) is 0 Å². The zero-order valence-corrected chi connectivity index (χ0v) is 25.2. The largest absolute Gasteiger partial charge is 0.524 e. The van der Waals surface area contributed by atoms with E-state index in [0.29, 0.717) is 29.8 Å². The molecule has 0 aliphatic heterocycles. The molecule has 0 fully saturated rings. The maximum atomic E-state index is 9.92. The summed E-state index contributed by atoms with van der Waals surface area (Å²) >= 11 is 5.67. The lowest BCUT2D eigenvalue weighted by Crippen LogP contribution is -2.24. The highest BCUT2D eigenvalue weighted by Gasteiger charge is 2.11. The molecule has 0 heterocycles. The summed E-state index contributed by atoms with van der Waals surface area (Å²) in [5.41, 5.74) is 0. The van der Waals surface area contributed by atoms with Crippen molar-refractivity contribution in [2.24, 2.45) is 0 Å². The third-order valence-electron chi connectivity index (χ3n) is 3.27. The topological polar surface area (TPSA) is 185 Å². The molecule has 0 amide bonds. The van der Waals surface area contributed by atoms with Gasteiger partial charge in [-0.1, -0.05) is 0 Å². The monoisotopic (exact) mass is 664 g/mol. The Labute approximate surface area is 225 Å². The van der Waals surface area contributed by atoms with Crippen molar-refractivity contribution in [2.75, 3.05) is 39.6 Å². The maximum absolute atomic E-state index is 9.92. The van der Waals surface area contributed by atoms with Crippen LogP contribution in [0.1, 0.15) is 41.5 Å². The van der Waals surface area contributed by atoms with E-state index in [1.165, 1.54) is 0 Å². The number of rotatable bonds is 16. The molecule has 35 heavy (non-hydrogen) atoms. The van der Waals surface area contributed by atoms with E-state index in [2.05, 4.69) is 36.4 Å². The van der Waals surface area contributed by atoms with Crippen LogP contribution in [-0.2, 0) is 28.0 Å². The fourth-order valence-electron chi connectivity index (χ4n) is 1.52. The highest BCUT2D eigenvalue weighted by Crippen LogP contribution is 2.37. The van der Waals surface area contributed by atoms with E-state index in [0.717, 1.165) is 6.26 Å². The Balaban J connectivity index is -0.000000448. The second-order valence-electron chi connectivity index (χ2n) is 7.64. The molecule has 0 rings (SSSR count). The lowest BCUT2D eigenvalue weighted by atomic mass is 10.4. The van der Waals surface area contributed by atoms with Gasteiger partial charge in [0.1, 0.15) is 6.26 Å². The van der Waals surface area contributed by atoms with E-state index < -0.39 is 20.0 Å². The summed E-state index contributed by atoms with van der Waals surface area (Å²) in [5.74, 6) is 0. The van der Waals surface area contributed by atoms with Crippen LogP contribution in [0.4, 0.5) is 0 Å². The Morgan fingerprint density at radius 3 is 1.23 bits per heavy atom. The molecule has 12 nitrogen and oxygen atoms in total. The summed E-state index contributed by atoms with van der Waals surface area (Å²) in [6.45, 7) is 12.2. The predicted molar refractivity (Wildman–Crippen MR) is 138 cm³/mol. The van der Waals surface area contributed by atoms with Crippen molar-refractivity contribution in [1.29, 1.82) is 0 Å². The van der Waals surface area contributed by atoms with E-state index in [-0.39, 0.29) is 37.6 Å². The van der Waals surface area contributed by atoms with Crippen molar-refractivity contribution < 1.29 is 58.2 Å². The first-order valence-electron chi connectivity index (χ1n) is 10.8. The van der Waals surface area contributed by atoms with Crippen molar-refractivity contribution in [3.63, 3.8) is 0 Å². The molecule has 214 valence electrons. The van der Waals surface area contributed by atoms with E-state index in [1.54, 1.807) is 27.7 Å². The molecule has 0 aromatic rings. The van der Waals surface area contributed by atoms with Gasteiger partial charge in [0, 0.05) is 0 Å². The van der Waals surface area contributed by atoms with Crippen LogP contribution in [0.3, 0.4) is 0 Å². The summed E-state index contributed by atoms with van der Waals surface area (Å²) in [6.07, 6.45) is -0.446. The summed E-state index contributed by atoms with van der Waals surface area (Å²) in [7, 11) is -4.36. The first-order valence-corrected chi connectivity index (χ1v) is 13.9. The lowest BCUT2D eigenvalue weighted by molar-refractivity contribution is -0.0620. The SMILES string of the molecule is CC(O)COC(C)COC(C)CO.CC(O)COC(C)COC(C)CO.O=P(O)(O)OC=C(Br)Br. The molecule has 0 bridgehead atoms. The molecule has 0 radical (unpaired) electrons. The number of aliphatic hydroxyl groups excluding tert-OH is 4. The predicted octanol–water partition coefficient (Wildman–Crippen LogP) is 2.02. The second kappa shape index (κ2) is 24.7. The molecule has 6 unspecified atom stereocenters. The number of halogens is 2. The second-order valence-corrected chi connectivity index (χ2v) is 11.6. The highest BCUT2D eigenvalue weighted by molar-refractivity contribution is 9.28. The molecule has 0 aliphatic rings. The molecular weight excluding hydrogens is 623 g/mol. The Morgan fingerprint density at radius 2 is 1.03 bits per heavy atom. The van der Waals surface area contributed by atoms with Crippen LogP contribution in [0.2, 0.25) is 0 Å². The molecule has 6 N–H and O–H groups in total. The average Bonchev–Trinajstić information content (AvgIpc) is 2.77. The molecular formula is C20H43Br2O12P. The third kappa shape index (κ3) is 39.0. The zero-order chi connectivity index (χ0) is 28.0. The van der Waals surface area contributed by atoms with Gasteiger partial charge in [0.05, 0.1) is 79.7 Å². The van der Waals surface area contributed by atoms with Gasteiger partial charge in [0.15, 0.2) is 0 Å². The molecule has 6 atom stereocenters. The Bertz CT molecular complexity index is 516. The Morgan fingerprint density at radius 1 is 0.714 bits per heavy atom. The van der Waals surface area contributed by atoms with Crippen LogP contribution in [-0.4, -0.2) is 106 Å². The fraction of sp³-hybridized carbons (Fsp3) is 0.900. The van der Waals surface area contributed by atoms with Gasteiger partial charge in [-0.2, -0.15) is 0 Å². The van der Waals surface area contributed by atoms with E-state index >= 15 is 0 Å². The number of aliphatic hydroxyl groups is 4. The van der Waals surface area contributed by atoms with Crippen LogP contribution in [0.25, 0.3) is 0 Å². The highest BCUT2D eigenvalue weighted by atomic mass is 79.9. The van der Waals surface area contributed by atoms with Crippen LogP contribution in [0, 0.1) is 0 Å². The number of hydrogen-bond acceptors (Lipinski definition) is 10. The first-order chi connectivity index (χ1) is 16.0. The lowest BCUT2D eigenvalue weighted by Gasteiger charge is -2.16. The van der Waals surface area contributed by atoms with Crippen molar-refractivity contribution >= 4 is 39.7 Å². The van der Waals surface area contributed by atoms with Crippen LogP contribution >= 0.6 is 39.7 Å². The van der Waals surface area contributed by atoms with E-state index in [9.17, 15) is 4.57 Å². The molecule has 0 spiro atoms. The van der Waals surface area contributed by atoms with Gasteiger partial charge in [-0.05, 0) is 73.4 Å². The van der Waals surface area contributed by atoms with Gasteiger partial charge in [-0.25, -0.2) is 4.57 Å². The van der Waals surface area contributed by atoms with E-state index in [4.69, 9.17) is 49.2 Å². The minimum absolute atomic E-state index is 0.0170. The summed E-state index contributed by atoms with van der Waals surface area (Å²) in [4.78, 5) is 16.1. The number of phosphoric ester groups is 1. The number of phosphoric acid groups is 1. The molecule has 15 heteroatoms. The van der Waals surface area contributed by atoms with Crippen LogP contribution < -0.4 is 0 Å². The summed E-state index contributed by atoms with van der Waals surface area (Å²) in [6, 6.07) is 0. The van der Waals surface area contributed by atoms with Crippen LogP contribution in [0.5, 0.6) is 0 Å². The molecule has 0 saturated carbocycles.